The molecule has 2 N–H and O–H groups in total. The number of anilines is 1. The van der Waals surface area contributed by atoms with Gasteiger partial charge in [0.2, 0.25) is 0 Å². The second-order valence-electron chi connectivity index (χ2n) is 5.40. The smallest absolute Gasteiger partial charge is 0.0807 e. The minimum Gasteiger partial charge on any atom is -0.393 e. The molecule has 1 aromatic carbocycles. The van der Waals surface area contributed by atoms with Crippen LogP contribution in [0.4, 0.5) is 5.69 Å². The summed E-state index contributed by atoms with van der Waals surface area (Å²) < 4.78 is 0. The largest absolute Gasteiger partial charge is 0.393 e. The number of nitrogens with two attached hydrogens (primary N) is 1. The minimum atomic E-state index is 0.0399. The van der Waals surface area contributed by atoms with Gasteiger partial charge in [0.05, 0.1) is 4.99 Å². The number of hydrogen-bond acceptors (Lipinski definition) is 2. The van der Waals surface area contributed by atoms with Gasteiger partial charge in [-0.2, -0.15) is 0 Å². The first-order chi connectivity index (χ1) is 8.64. The van der Waals surface area contributed by atoms with Crippen LogP contribution >= 0.6 is 12.2 Å². The van der Waals surface area contributed by atoms with Crippen LogP contribution in [0.15, 0.2) is 30.3 Å². The monoisotopic (exact) mass is 262 g/mol. The molecule has 2 nitrogen and oxygen atoms in total. The molecule has 0 amide bonds. The highest BCUT2D eigenvalue weighted by atomic mass is 32.1. The van der Waals surface area contributed by atoms with Gasteiger partial charge in [0.15, 0.2) is 0 Å². The molecular formula is C15H22N2S. The van der Waals surface area contributed by atoms with E-state index >= 15 is 0 Å². The Morgan fingerprint density at radius 2 is 1.83 bits per heavy atom. The third-order valence-electron chi connectivity index (χ3n) is 4.07. The zero-order valence-corrected chi connectivity index (χ0v) is 11.9. The fraction of sp³-hybridized carbons (Fsp3) is 0.533. The Hall–Kier alpha value is -1.09. The van der Waals surface area contributed by atoms with E-state index in [1.807, 2.05) is 6.07 Å². The number of nitrogens with zero attached hydrogens (tertiary/aromatic N) is 1. The summed E-state index contributed by atoms with van der Waals surface area (Å²) in [5.41, 5.74) is 7.31. The summed E-state index contributed by atoms with van der Waals surface area (Å²) in [5.74, 6) is 0. The Labute approximate surface area is 115 Å². The number of hydrogen-bond donors (Lipinski definition) is 1. The molecule has 98 valence electrons. The van der Waals surface area contributed by atoms with Crippen molar-refractivity contribution >= 4 is 22.9 Å². The van der Waals surface area contributed by atoms with Gasteiger partial charge < -0.3 is 10.6 Å². The summed E-state index contributed by atoms with van der Waals surface area (Å²) >= 11 is 5.35. The van der Waals surface area contributed by atoms with Crippen molar-refractivity contribution in [1.82, 2.24) is 0 Å². The molecule has 0 spiro atoms. The molecule has 0 atom stereocenters. The second-order valence-corrected chi connectivity index (χ2v) is 5.84. The van der Waals surface area contributed by atoms with Crippen molar-refractivity contribution < 1.29 is 0 Å². The summed E-state index contributed by atoms with van der Waals surface area (Å²) in [5, 5.41) is 0. The lowest BCUT2D eigenvalue weighted by Gasteiger charge is -2.40. The van der Waals surface area contributed by atoms with Gasteiger partial charge in [-0.15, -0.1) is 0 Å². The van der Waals surface area contributed by atoms with Gasteiger partial charge in [-0.1, -0.05) is 49.7 Å². The fourth-order valence-electron chi connectivity index (χ4n) is 2.94. The standard InChI is InChI=1S/C15H22N2S/c1-17(13-8-4-2-5-9-13)12-15(14(16)18)10-6-3-7-11-15/h2,4-5,8-9H,3,6-7,10-12H2,1H3,(H2,16,18). The first kappa shape index (κ1) is 13.3. The predicted octanol–water partition coefficient (Wildman–Crippen LogP) is 3.36. The second kappa shape index (κ2) is 5.70. The lowest BCUT2D eigenvalue weighted by Crippen LogP contribution is -2.46. The Balaban J connectivity index is 2.12. The van der Waals surface area contributed by atoms with Crippen molar-refractivity contribution in [2.45, 2.75) is 32.1 Å². The highest BCUT2D eigenvalue weighted by Crippen LogP contribution is 2.38. The number of benzene rings is 1. The molecule has 1 aliphatic rings. The van der Waals surface area contributed by atoms with E-state index in [2.05, 4.69) is 36.2 Å². The van der Waals surface area contributed by atoms with E-state index < -0.39 is 0 Å². The van der Waals surface area contributed by atoms with E-state index in [0.29, 0.717) is 4.99 Å². The molecule has 3 heteroatoms. The summed E-state index contributed by atoms with van der Waals surface area (Å²) in [7, 11) is 2.13. The molecule has 0 unspecified atom stereocenters. The average molecular weight is 262 g/mol. The maximum absolute atomic E-state index is 6.03. The van der Waals surface area contributed by atoms with E-state index in [4.69, 9.17) is 18.0 Å². The minimum absolute atomic E-state index is 0.0399. The molecule has 1 aliphatic carbocycles. The molecular weight excluding hydrogens is 240 g/mol. The van der Waals surface area contributed by atoms with Crippen molar-refractivity contribution in [2.24, 2.45) is 11.1 Å². The first-order valence-electron chi connectivity index (χ1n) is 6.70. The maximum atomic E-state index is 6.03. The highest BCUT2D eigenvalue weighted by molar-refractivity contribution is 7.80. The summed E-state index contributed by atoms with van der Waals surface area (Å²) in [4.78, 5) is 2.98. The van der Waals surface area contributed by atoms with Crippen LogP contribution in [0, 0.1) is 5.41 Å². The Kier molecular flexibility index (Phi) is 4.23. The molecule has 0 saturated heterocycles. The van der Waals surface area contributed by atoms with E-state index in [0.717, 1.165) is 19.4 Å². The SMILES string of the molecule is CN(CC1(C(N)=S)CCCCC1)c1ccccc1. The van der Waals surface area contributed by atoms with Gasteiger partial charge >= 0.3 is 0 Å². The van der Waals surface area contributed by atoms with Crippen LogP contribution in [-0.4, -0.2) is 18.6 Å². The zero-order chi connectivity index (χ0) is 13.0. The lowest BCUT2D eigenvalue weighted by atomic mass is 9.73. The summed E-state index contributed by atoms with van der Waals surface area (Å²) in [6.07, 6.45) is 6.10. The van der Waals surface area contributed by atoms with Gasteiger partial charge in [-0.3, -0.25) is 0 Å². The van der Waals surface area contributed by atoms with Gasteiger partial charge in [0.25, 0.3) is 0 Å². The van der Waals surface area contributed by atoms with E-state index in [1.54, 1.807) is 0 Å². The normalized spacial score (nSPS) is 18.3. The summed E-state index contributed by atoms with van der Waals surface area (Å²) in [6, 6.07) is 10.5. The van der Waals surface area contributed by atoms with Crippen LogP contribution in [0.5, 0.6) is 0 Å². The molecule has 0 bridgehead atoms. The van der Waals surface area contributed by atoms with E-state index in [1.165, 1.54) is 24.9 Å². The number of rotatable bonds is 4. The van der Waals surface area contributed by atoms with Crippen molar-refractivity contribution in [3.8, 4) is 0 Å². The number of para-hydroxylation sites is 1. The zero-order valence-electron chi connectivity index (χ0n) is 11.1. The Morgan fingerprint density at radius 3 is 2.39 bits per heavy atom. The van der Waals surface area contributed by atoms with Crippen LogP contribution < -0.4 is 10.6 Å². The molecule has 0 aromatic heterocycles. The van der Waals surface area contributed by atoms with Crippen LogP contribution in [-0.2, 0) is 0 Å². The molecule has 1 aromatic rings. The topological polar surface area (TPSA) is 29.3 Å². The van der Waals surface area contributed by atoms with Crippen molar-refractivity contribution in [3.63, 3.8) is 0 Å². The third kappa shape index (κ3) is 2.83. The molecule has 0 aliphatic heterocycles. The van der Waals surface area contributed by atoms with Gasteiger partial charge in [-0.25, -0.2) is 0 Å². The molecule has 1 saturated carbocycles. The highest BCUT2D eigenvalue weighted by Gasteiger charge is 2.36. The quantitative estimate of drug-likeness (QED) is 0.844. The molecule has 0 heterocycles. The van der Waals surface area contributed by atoms with Crippen LogP contribution in [0.3, 0.4) is 0 Å². The average Bonchev–Trinajstić information content (AvgIpc) is 2.40. The first-order valence-corrected chi connectivity index (χ1v) is 7.11. The molecule has 2 rings (SSSR count). The predicted molar refractivity (Wildman–Crippen MR) is 82.0 cm³/mol. The molecule has 1 fully saturated rings. The molecule has 0 radical (unpaired) electrons. The van der Waals surface area contributed by atoms with E-state index in [9.17, 15) is 0 Å². The van der Waals surface area contributed by atoms with Crippen LogP contribution in [0.25, 0.3) is 0 Å². The fourth-order valence-corrected chi connectivity index (χ4v) is 3.21. The van der Waals surface area contributed by atoms with Crippen molar-refractivity contribution in [3.05, 3.63) is 30.3 Å². The van der Waals surface area contributed by atoms with Crippen LogP contribution in [0.1, 0.15) is 32.1 Å². The Bertz CT molecular complexity index is 396. The van der Waals surface area contributed by atoms with Crippen LogP contribution in [0.2, 0.25) is 0 Å². The Morgan fingerprint density at radius 1 is 1.22 bits per heavy atom. The number of thiocarbonyl (C=S) groups is 1. The maximum Gasteiger partial charge on any atom is 0.0807 e. The van der Waals surface area contributed by atoms with Crippen molar-refractivity contribution in [1.29, 1.82) is 0 Å². The summed E-state index contributed by atoms with van der Waals surface area (Å²) in [6.45, 7) is 0.937. The van der Waals surface area contributed by atoms with Gasteiger partial charge in [0, 0.05) is 24.7 Å². The molecule has 18 heavy (non-hydrogen) atoms. The van der Waals surface area contributed by atoms with E-state index in [-0.39, 0.29) is 5.41 Å². The van der Waals surface area contributed by atoms with Gasteiger partial charge in [0.1, 0.15) is 0 Å². The third-order valence-corrected chi connectivity index (χ3v) is 4.50. The van der Waals surface area contributed by atoms with Gasteiger partial charge in [-0.05, 0) is 25.0 Å². The lowest BCUT2D eigenvalue weighted by molar-refractivity contribution is 0.291. The van der Waals surface area contributed by atoms with Crippen molar-refractivity contribution in [2.75, 3.05) is 18.5 Å².